The van der Waals surface area contributed by atoms with Crippen LogP contribution in [0.1, 0.15) is 11.1 Å². The molecule has 0 atom stereocenters. The fourth-order valence-corrected chi connectivity index (χ4v) is 1.92. The average Bonchev–Trinajstić information content (AvgIpc) is 2.49. The molecule has 0 saturated heterocycles. The number of nitrogens with two attached hydrogens (primary N) is 1. The number of anilines is 1. The first-order valence-corrected chi connectivity index (χ1v) is 6.36. The van der Waals surface area contributed by atoms with Crippen LogP contribution in [-0.4, -0.2) is 14.2 Å². The van der Waals surface area contributed by atoms with Gasteiger partial charge in [-0.05, 0) is 23.8 Å². The zero-order chi connectivity index (χ0) is 14.4. The van der Waals surface area contributed by atoms with Crippen LogP contribution in [0.4, 0.5) is 5.69 Å². The lowest BCUT2D eigenvalue weighted by molar-refractivity contribution is 0.105. The molecule has 0 amide bonds. The first-order chi connectivity index (χ1) is 9.72. The summed E-state index contributed by atoms with van der Waals surface area (Å²) < 4.78 is 16.2. The molecule has 2 N–H and O–H groups in total. The Morgan fingerprint density at radius 1 is 0.950 bits per heavy atom. The van der Waals surface area contributed by atoms with Gasteiger partial charge in [-0.1, -0.05) is 18.2 Å². The molecule has 106 valence electrons. The van der Waals surface area contributed by atoms with Gasteiger partial charge in [0.15, 0.2) is 0 Å². The maximum absolute atomic E-state index is 5.72. The van der Waals surface area contributed by atoms with Gasteiger partial charge in [-0.15, -0.1) is 0 Å². The van der Waals surface area contributed by atoms with Crippen molar-refractivity contribution in [2.75, 3.05) is 20.0 Å². The highest BCUT2D eigenvalue weighted by molar-refractivity contribution is 5.48. The Hall–Kier alpha value is -2.20. The van der Waals surface area contributed by atoms with Gasteiger partial charge in [-0.3, -0.25) is 0 Å². The van der Waals surface area contributed by atoms with Crippen molar-refractivity contribution in [3.63, 3.8) is 0 Å². The molecule has 4 nitrogen and oxygen atoms in total. The van der Waals surface area contributed by atoms with Gasteiger partial charge in [0, 0.05) is 17.3 Å². The van der Waals surface area contributed by atoms with E-state index in [1.807, 2.05) is 36.4 Å². The highest BCUT2D eigenvalue weighted by atomic mass is 16.5. The summed E-state index contributed by atoms with van der Waals surface area (Å²) in [7, 11) is 3.28. The Kier molecular flexibility index (Phi) is 4.85. The summed E-state index contributed by atoms with van der Waals surface area (Å²) in [5.41, 5.74) is 8.44. The molecule has 0 fully saturated rings. The minimum Gasteiger partial charge on any atom is -0.497 e. The number of benzene rings is 2. The predicted molar refractivity (Wildman–Crippen MR) is 78.9 cm³/mol. The van der Waals surface area contributed by atoms with E-state index in [0.29, 0.717) is 18.9 Å². The molecule has 4 heteroatoms. The SMILES string of the molecule is COc1cccc(COCc2ccc(N)cc2OC)c1. The fourth-order valence-electron chi connectivity index (χ4n) is 1.92. The van der Waals surface area contributed by atoms with Crippen molar-refractivity contribution >= 4 is 5.69 Å². The summed E-state index contributed by atoms with van der Waals surface area (Å²) >= 11 is 0. The fraction of sp³-hybridized carbons (Fsp3) is 0.250. The zero-order valence-corrected chi connectivity index (χ0v) is 11.8. The maximum Gasteiger partial charge on any atom is 0.126 e. The van der Waals surface area contributed by atoms with Gasteiger partial charge in [0.2, 0.25) is 0 Å². The van der Waals surface area contributed by atoms with Crippen molar-refractivity contribution in [2.24, 2.45) is 0 Å². The van der Waals surface area contributed by atoms with E-state index in [0.717, 1.165) is 22.6 Å². The molecule has 0 heterocycles. The molecular weight excluding hydrogens is 254 g/mol. The molecule has 2 aromatic rings. The van der Waals surface area contributed by atoms with Crippen molar-refractivity contribution in [3.05, 3.63) is 53.6 Å². The van der Waals surface area contributed by atoms with Crippen LogP contribution in [0, 0.1) is 0 Å². The molecule has 0 aromatic heterocycles. The van der Waals surface area contributed by atoms with Crippen LogP contribution in [-0.2, 0) is 18.0 Å². The zero-order valence-electron chi connectivity index (χ0n) is 11.8. The summed E-state index contributed by atoms with van der Waals surface area (Å²) in [5, 5.41) is 0. The maximum atomic E-state index is 5.72. The first kappa shape index (κ1) is 14.2. The van der Waals surface area contributed by atoms with E-state index < -0.39 is 0 Å². The van der Waals surface area contributed by atoms with Gasteiger partial charge in [0.1, 0.15) is 11.5 Å². The van der Waals surface area contributed by atoms with Crippen LogP contribution >= 0.6 is 0 Å². The Balaban J connectivity index is 1.95. The number of rotatable bonds is 6. The minimum absolute atomic E-state index is 0.473. The van der Waals surface area contributed by atoms with Gasteiger partial charge in [0.25, 0.3) is 0 Å². The summed E-state index contributed by atoms with van der Waals surface area (Å²) in [6.07, 6.45) is 0. The van der Waals surface area contributed by atoms with Crippen LogP contribution in [0.3, 0.4) is 0 Å². The van der Waals surface area contributed by atoms with E-state index in [4.69, 9.17) is 19.9 Å². The molecule has 20 heavy (non-hydrogen) atoms. The minimum atomic E-state index is 0.473. The molecule has 0 bridgehead atoms. The topological polar surface area (TPSA) is 53.7 Å². The summed E-state index contributed by atoms with van der Waals surface area (Å²) in [6.45, 7) is 0.991. The van der Waals surface area contributed by atoms with Gasteiger partial charge in [-0.25, -0.2) is 0 Å². The van der Waals surface area contributed by atoms with Crippen LogP contribution in [0.25, 0.3) is 0 Å². The molecule has 0 unspecified atom stereocenters. The third kappa shape index (κ3) is 3.65. The number of nitrogen functional groups attached to an aromatic ring is 1. The number of methoxy groups -OCH3 is 2. The van der Waals surface area contributed by atoms with Crippen molar-refractivity contribution in [1.82, 2.24) is 0 Å². The van der Waals surface area contributed by atoms with Gasteiger partial charge >= 0.3 is 0 Å². The van der Waals surface area contributed by atoms with Gasteiger partial charge < -0.3 is 19.9 Å². The van der Waals surface area contributed by atoms with Crippen LogP contribution in [0.5, 0.6) is 11.5 Å². The van der Waals surface area contributed by atoms with Crippen molar-refractivity contribution in [3.8, 4) is 11.5 Å². The van der Waals surface area contributed by atoms with Crippen molar-refractivity contribution in [1.29, 1.82) is 0 Å². The molecule has 2 aromatic carbocycles. The highest BCUT2D eigenvalue weighted by Crippen LogP contribution is 2.22. The van der Waals surface area contributed by atoms with E-state index in [2.05, 4.69) is 0 Å². The second-order valence-electron chi connectivity index (χ2n) is 4.42. The molecule has 0 radical (unpaired) electrons. The molecule has 0 spiro atoms. The van der Waals surface area contributed by atoms with Crippen molar-refractivity contribution in [2.45, 2.75) is 13.2 Å². The van der Waals surface area contributed by atoms with Crippen LogP contribution in [0.15, 0.2) is 42.5 Å². The van der Waals surface area contributed by atoms with Crippen LogP contribution in [0.2, 0.25) is 0 Å². The van der Waals surface area contributed by atoms with Gasteiger partial charge in [-0.2, -0.15) is 0 Å². The lowest BCUT2D eigenvalue weighted by Gasteiger charge is -2.10. The normalized spacial score (nSPS) is 10.3. The lowest BCUT2D eigenvalue weighted by Crippen LogP contribution is -1.98. The van der Waals surface area contributed by atoms with Gasteiger partial charge in [0.05, 0.1) is 27.4 Å². The third-order valence-electron chi connectivity index (χ3n) is 2.97. The molecule has 0 aliphatic carbocycles. The molecular formula is C16H19NO3. The first-order valence-electron chi connectivity index (χ1n) is 6.36. The monoisotopic (exact) mass is 273 g/mol. The highest BCUT2D eigenvalue weighted by Gasteiger charge is 2.04. The quantitative estimate of drug-likeness (QED) is 0.822. The smallest absolute Gasteiger partial charge is 0.126 e. The lowest BCUT2D eigenvalue weighted by atomic mass is 10.2. The van der Waals surface area contributed by atoms with E-state index >= 15 is 0 Å². The Bertz CT molecular complexity index is 569. The second-order valence-corrected chi connectivity index (χ2v) is 4.42. The molecule has 2 rings (SSSR count). The van der Waals surface area contributed by atoms with E-state index in [-0.39, 0.29) is 0 Å². The second kappa shape index (κ2) is 6.82. The summed E-state index contributed by atoms with van der Waals surface area (Å²) in [5.74, 6) is 1.58. The van der Waals surface area contributed by atoms with Crippen molar-refractivity contribution < 1.29 is 14.2 Å². The summed E-state index contributed by atoms with van der Waals surface area (Å²) in [6, 6.07) is 13.4. The standard InChI is InChI=1S/C16H19NO3/c1-18-15-5-3-4-12(8-15)10-20-11-13-6-7-14(17)9-16(13)19-2/h3-9H,10-11,17H2,1-2H3. The summed E-state index contributed by atoms with van der Waals surface area (Å²) in [4.78, 5) is 0. The predicted octanol–water partition coefficient (Wildman–Crippen LogP) is 3.00. The largest absolute Gasteiger partial charge is 0.497 e. The Labute approximate surface area is 119 Å². The van der Waals surface area contributed by atoms with E-state index in [9.17, 15) is 0 Å². The molecule has 0 saturated carbocycles. The van der Waals surface area contributed by atoms with E-state index in [1.165, 1.54) is 0 Å². The third-order valence-corrected chi connectivity index (χ3v) is 2.97. The number of ether oxygens (including phenoxy) is 3. The number of hydrogen-bond donors (Lipinski definition) is 1. The van der Waals surface area contributed by atoms with E-state index in [1.54, 1.807) is 20.3 Å². The Morgan fingerprint density at radius 3 is 2.55 bits per heavy atom. The average molecular weight is 273 g/mol. The number of hydrogen-bond acceptors (Lipinski definition) is 4. The van der Waals surface area contributed by atoms with Crippen LogP contribution < -0.4 is 15.2 Å². The molecule has 0 aliphatic rings. The molecule has 0 aliphatic heterocycles. The Morgan fingerprint density at radius 2 is 1.80 bits per heavy atom.